The van der Waals surface area contributed by atoms with E-state index in [0.717, 1.165) is 22.3 Å². The van der Waals surface area contributed by atoms with Gasteiger partial charge in [-0.1, -0.05) is 30.3 Å². The molecular formula is C27H26N2O7S. The fourth-order valence-corrected chi connectivity index (χ4v) is 6.69. The molecule has 2 aromatic carbocycles. The zero-order valence-electron chi connectivity index (χ0n) is 20.3. The van der Waals surface area contributed by atoms with Gasteiger partial charge in [0.1, 0.15) is 12.2 Å². The van der Waals surface area contributed by atoms with E-state index >= 15 is 0 Å². The number of nitrogens with zero attached hydrogens (tertiary/aromatic N) is 2. The van der Waals surface area contributed by atoms with Crippen LogP contribution >= 0.6 is 0 Å². The molecule has 1 saturated carbocycles. The molecule has 0 spiro atoms. The third-order valence-corrected chi connectivity index (χ3v) is 9.04. The molecule has 0 atom stereocenters. The summed E-state index contributed by atoms with van der Waals surface area (Å²) in [6, 6.07) is 12.9. The van der Waals surface area contributed by atoms with Gasteiger partial charge in [-0.25, -0.2) is 22.3 Å². The lowest BCUT2D eigenvalue weighted by molar-refractivity contribution is 0.0524. The van der Waals surface area contributed by atoms with Crippen molar-refractivity contribution in [3.05, 3.63) is 81.1 Å². The smallest absolute Gasteiger partial charge is 0.343 e. The number of hydrogen-bond acceptors (Lipinski definition) is 7. The van der Waals surface area contributed by atoms with Gasteiger partial charge in [0.05, 0.1) is 30.7 Å². The Morgan fingerprint density at radius 2 is 1.95 bits per heavy atom. The Kier molecular flexibility index (Phi) is 5.71. The van der Waals surface area contributed by atoms with Crippen LogP contribution in [0.15, 0.2) is 53.5 Å². The number of rotatable bonds is 7. The fourth-order valence-electron chi connectivity index (χ4n) is 4.92. The minimum Gasteiger partial charge on any atom is -0.489 e. The molecule has 37 heavy (non-hydrogen) atoms. The number of ether oxygens (including phenoxy) is 3. The van der Waals surface area contributed by atoms with Crippen LogP contribution in [-0.2, 0) is 34.3 Å². The number of aromatic nitrogens is 1. The molecule has 2 aliphatic heterocycles. The largest absolute Gasteiger partial charge is 0.489 e. The average Bonchev–Trinajstić information content (AvgIpc) is 3.65. The van der Waals surface area contributed by atoms with Crippen molar-refractivity contribution in [2.24, 2.45) is 0 Å². The summed E-state index contributed by atoms with van der Waals surface area (Å²) in [5.41, 5.74) is 2.99. The molecule has 0 bridgehead atoms. The first-order valence-electron chi connectivity index (χ1n) is 12.3. The highest BCUT2D eigenvalue weighted by molar-refractivity contribution is 7.93. The van der Waals surface area contributed by atoms with Crippen LogP contribution in [0.1, 0.15) is 46.8 Å². The maximum atomic E-state index is 13.5. The lowest BCUT2D eigenvalue weighted by atomic mass is 9.93. The maximum absolute atomic E-state index is 13.5. The molecule has 3 aliphatic rings. The molecule has 0 amide bonds. The highest BCUT2D eigenvalue weighted by Crippen LogP contribution is 2.47. The van der Waals surface area contributed by atoms with Crippen LogP contribution in [0, 0.1) is 0 Å². The molecule has 6 rings (SSSR count). The van der Waals surface area contributed by atoms with Crippen LogP contribution in [0.3, 0.4) is 0 Å². The summed E-state index contributed by atoms with van der Waals surface area (Å²) in [5, 5.41) is -0.487. The van der Waals surface area contributed by atoms with E-state index in [2.05, 4.69) is 0 Å². The molecular weight excluding hydrogens is 496 g/mol. The topological polar surface area (TPSA) is 104 Å². The summed E-state index contributed by atoms with van der Waals surface area (Å²) in [6.07, 6.45) is 3.04. The Bertz CT molecular complexity index is 1560. The Morgan fingerprint density at radius 1 is 1.16 bits per heavy atom. The zero-order chi connectivity index (χ0) is 25.7. The molecule has 0 unspecified atom stereocenters. The first kappa shape index (κ1) is 23.6. The lowest BCUT2D eigenvalue weighted by Crippen LogP contribution is -2.45. The third-order valence-electron chi connectivity index (χ3n) is 6.83. The SMILES string of the molecule is CCOC(=O)c1cn2c(cc1=O)-c1c(cc(OCc3ccccc3)c3c1CCO3)CN2S(=O)(=O)C1CC1. The van der Waals surface area contributed by atoms with Crippen LogP contribution in [0.5, 0.6) is 11.5 Å². The van der Waals surface area contributed by atoms with Gasteiger partial charge in [-0.3, -0.25) is 4.79 Å². The average molecular weight is 523 g/mol. The molecule has 0 radical (unpaired) electrons. The number of carbonyl (C=O) groups excluding carboxylic acids is 1. The third kappa shape index (κ3) is 4.05. The molecule has 9 nitrogen and oxygen atoms in total. The number of hydrogen-bond donors (Lipinski definition) is 0. The summed E-state index contributed by atoms with van der Waals surface area (Å²) in [6.45, 7) is 2.57. The van der Waals surface area contributed by atoms with E-state index in [4.69, 9.17) is 14.2 Å². The summed E-state index contributed by atoms with van der Waals surface area (Å²) in [5.74, 6) is 0.357. The van der Waals surface area contributed by atoms with E-state index in [1.165, 1.54) is 21.4 Å². The summed E-state index contributed by atoms with van der Waals surface area (Å²) in [4.78, 5) is 25.5. The van der Waals surface area contributed by atoms with E-state index in [0.29, 0.717) is 49.7 Å². The number of fused-ring (bicyclic) bond motifs is 5. The van der Waals surface area contributed by atoms with Gasteiger partial charge in [0.25, 0.3) is 10.0 Å². The van der Waals surface area contributed by atoms with Crippen LogP contribution < -0.4 is 19.3 Å². The first-order chi connectivity index (χ1) is 17.9. The van der Waals surface area contributed by atoms with Crippen molar-refractivity contribution in [3.63, 3.8) is 0 Å². The van der Waals surface area contributed by atoms with E-state index in [1.54, 1.807) is 6.92 Å². The standard InChI is InChI=1S/C27H26N2O7S/c1-2-34-27(31)21-15-28-22(13-23(21)30)25-18(14-29(28)37(32,33)19-8-9-19)12-24(26-20(25)10-11-35-26)36-16-17-6-4-3-5-7-17/h3-7,12-13,15,19H,2,8-11,14,16H2,1H3. The van der Waals surface area contributed by atoms with Gasteiger partial charge in [-0.2, -0.15) is 0 Å². The number of sulfonamides is 1. The fraction of sp³-hybridized carbons (Fsp3) is 0.333. The van der Waals surface area contributed by atoms with E-state index < -0.39 is 26.7 Å². The van der Waals surface area contributed by atoms with Gasteiger partial charge < -0.3 is 14.2 Å². The number of pyridine rings is 1. The van der Waals surface area contributed by atoms with Crippen LogP contribution in [0.2, 0.25) is 0 Å². The highest BCUT2D eigenvalue weighted by Gasteiger charge is 2.43. The van der Waals surface area contributed by atoms with Gasteiger partial charge in [-0.15, -0.1) is 0 Å². The quantitative estimate of drug-likeness (QED) is 0.439. The molecule has 192 valence electrons. The van der Waals surface area contributed by atoms with E-state index in [-0.39, 0.29) is 18.7 Å². The molecule has 1 fully saturated rings. The van der Waals surface area contributed by atoms with E-state index in [1.807, 2.05) is 36.4 Å². The molecule has 1 aromatic heterocycles. The Balaban J connectivity index is 1.50. The van der Waals surface area contributed by atoms with Gasteiger partial charge in [0, 0.05) is 29.8 Å². The Labute approximate surface area is 214 Å². The second-order valence-electron chi connectivity index (χ2n) is 9.32. The number of carbonyl (C=O) groups is 1. The number of esters is 1. The van der Waals surface area contributed by atoms with Crippen molar-refractivity contribution in [3.8, 4) is 22.8 Å². The minimum absolute atomic E-state index is 0.0429. The van der Waals surface area contributed by atoms with E-state index in [9.17, 15) is 18.0 Å². The molecule has 0 N–H and O–H groups in total. The van der Waals surface area contributed by atoms with Crippen LogP contribution in [0.4, 0.5) is 0 Å². The highest BCUT2D eigenvalue weighted by atomic mass is 32.2. The molecule has 3 aromatic rings. The van der Waals surface area contributed by atoms with Crippen LogP contribution in [0.25, 0.3) is 11.3 Å². The predicted molar refractivity (Wildman–Crippen MR) is 136 cm³/mol. The summed E-state index contributed by atoms with van der Waals surface area (Å²) < 4.78 is 46.8. The number of benzene rings is 2. The van der Waals surface area contributed by atoms with Crippen molar-refractivity contribution < 1.29 is 27.4 Å². The summed E-state index contributed by atoms with van der Waals surface area (Å²) >= 11 is 0. The molecule has 3 heterocycles. The Morgan fingerprint density at radius 3 is 2.68 bits per heavy atom. The van der Waals surface area contributed by atoms with Gasteiger partial charge in [0.15, 0.2) is 16.9 Å². The maximum Gasteiger partial charge on any atom is 0.343 e. The second kappa shape index (κ2) is 8.95. The zero-order valence-corrected chi connectivity index (χ0v) is 21.1. The Hall–Kier alpha value is -3.79. The minimum atomic E-state index is -3.72. The van der Waals surface area contributed by atoms with Crippen molar-refractivity contribution in [2.45, 2.75) is 44.6 Å². The molecule has 1 aliphatic carbocycles. The molecule has 10 heteroatoms. The normalized spacial score (nSPS) is 15.9. The van der Waals surface area contributed by atoms with Crippen molar-refractivity contribution in [1.82, 2.24) is 4.68 Å². The van der Waals surface area contributed by atoms with Gasteiger partial charge in [0.2, 0.25) is 0 Å². The summed E-state index contributed by atoms with van der Waals surface area (Å²) in [7, 11) is -3.72. The second-order valence-corrected chi connectivity index (χ2v) is 11.4. The van der Waals surface area contributed by atoms with Gasteiger partial charge >= 0.3 is 5.97 Å². The monoisotopic (exact) mass is 522 g/mol. The first-order valence-corrected chi connectivity index (χ1v) is 13.8. The van der Waals surface area contributed by atoms with Crippen LogP contribution in [-0.4, -0.2) is 37.5 Å². The predicted octanol–water partition coefficient (Wildman–Crippen LogP) is 3.15. The molecule has 0 saturated heterocycles. The van der Waals surface area contributed by atoms with Crippen molar-refractivity contribution in [1.29, 1.82) is 0 Å². The van der Waals surface area contributed by atoms with Gasteiger partial charge in [-0.05, 0) is 37.0 Å². The van der Waals surface area contributed by atoms with Crippen molar-refractivity contribution >= 4 is 16.0 Å². The van der Waals surface area contributed by atoms with Crippen molar-refractivity contribution in [2.75, 3.05) is 17.6 Å². The lowest BCUT2D eigenvalue weighted by Gasteiger charge is -2.35.